The summed E-state index contributed by atoms with van der Waals surface area (Å²) in [5.74, 6) is 0.0335. The summed E-state index contributed by atoms with van der Waals surface area (Å²) >= 11 is 0. The number of rotatable bonds is 6. The molecule has 0 saturated heterocycles. The highest BCUT2D eigenvalue weighted by Gasteiger charge is 2.19. The number of nitrogens with two attached hydrogens (primary N) is 1. The van der Waals surface area contributed by atoms with Crippen LogP contribution in [0, 0.1) is 0 Å². The van der Waals surface area contributed by atoms with Crippen molar-refractivity contribution in [3.8, 4) is 5.75 Å². The number of alkyl halides is 2. The molecule has 0 aliphatic heterocycles. The first-order chi connectivity index (χ1) is 9.17. The van der Waals surface area contributed by atoms with Gasteiger partial charge in [-0.2, -0.15) is 8.78 Å². The Balaban J connectivity index is 2.58. The zero-order chi connectivity index (χ0) is 15.3. The topological polar surface area (TPSA) is 55.6 Å². The molecule has 0 fully saturated rings. The second kappa shape index (κ2) is 6.65. The molecule has 0 heterocycles. The smallest absolute Gasteiger partial charge is 0.387 e. The van der Waals surface area contributed by atoms with Gasteiger partial charge in [0.25, 0.3) is 0 Å². The summed E-state index contributed by atoms with van der Waals surface area (Å²) in [7, 11) is 1.68. The molecule has 0 bridgehead atoms. The summed E-state index contributed by atoms with van der Waals surface area (Å²) in [6.07, 6.45) is 0.246. The zero-order valence-corrected chi connectivity index (χ0v) is 11.9. The Morgan fingerprint density at radius 3 is 2.35 bits per heavy atom. The molecule has 112 valence electrons. The monoisotopic (exact) mass is 286 g/mol. The van der Waals surface area contributed by atoms with Crippen molar-refractivity contribution in [1.29, 1.82) is 0 Å². The van der Waals surface area contributed by atoms with Gasteiger partial charge in [-0.25, -0.2) is 0 Å². The number of nitrogens with zero attached hydrogens (tertiary/aromatic N) is 1. The Labute approximate surface area is 117 Å². The summed E-state index contributed by atoms with van der Waals surface area (Å²) in [5, 5.41) is 0. The van der Waals surface area contributed by atoms with Crippen LogP contribution in [-0.4, -0.2) is 30.0 Å². The minimum atomic E-state index is -2.84. The molecular weight excluding hydrogens is 266 g/mol. The van der Waals surface area contributed by atoms with Crippen molar-refractivity contribution in [2.24, 2.45) is 5.73 Å². The fraction of sp³-hybridized carbons (Fsp3) is 0.500. The third-order valence-corrected chi connectivity index (χ3v) is 2.60. The Kier molecular flexibility index (Phi) is 5.44. The molecule has 0 aliphatic rings. The van der Waals surface area contributed by atoms with Gasteiger partial charge in [0.1, 0.15) is 5.75 Å². The van der Waals surface area contributed by atoms with Gasteiger partial charge in [0.15, 0.2) is 0 Å². The van der Waals surface area contributed by atoms with Gasteiger partial charge in [0, 0.05) is 25.6 Å². The SMILES string of the molecule is CN(Cc1ccc(OC(F)F)cc1)C(=O)CC(C)(C)N. The summed E-state index contributed by atoms with van der Waals surface area (Å²) in [6, 6.07) is 6.20. The van der Waals surface area contributed by atoms with Crippen LogP contribution in [0.3, 0.4) is 0 Å². The lowest BCUT2D eigenvalue weighted by Gasteiger charge is -2.23. The molecule has 0 atom stereocenters. The van der Waals surface area contributed by atoms with Gasteiger partial charge in [0.2, 0.25) is 5.91 Å². The van der Waals surface area contributed by atoms with Crippen LogP contribution in [0.5, 0.6) is 5.75 Å². The molecule has 1 rings (SSSR count). The van der Waals surface area contributed by atoms with Crippen LogP contribution in [0.1, 0.15) is 25.8 Å². The Hall–Kier alpha value is -1.69. The first-order valence-corrected chi connectivity index (χ1v) is 6.24. The summed E-state index contributed by atoms with van der Waals surface area (Å²) < 4.78 is 28.3. The highest BCUT2D eigenvalue weighted by Crippen LogP contribution is 2.16. The zero-order valence-electron chi connectivity index (χ0n) is 11.9. The van der Waals surface area contributed by atoms with Gasteiger partial charge in [-0.15, -0.1) is 0 Å². The van der Waals surface area contributed by atoms with Crippen molar-refractivity contribution in [3.63, 3.8) is 0 Å². The van der Waals surface area contributed by atoms with E-state index in [2.05, 4.69) is 4.74 Å². The maximum Gasteiger partial charge on any atom is 0.387 e. The van der Waals surface area contributed by atoms with E-state index in [0.717, 1.165) is 5.56 Å². The van der Waals surface area contributed by atoms with Crippen LogP contribution < -0.4 is 10.5 Å². The predicted molar refractivity (Wildman–Crippen MR) is 72.4 cm³/mol. The van der Waals surface area contributed by atoms with E-state index >= 15 is 0 Å². The molecule has 2 N–H and O–H groups in total. The first-order valence-electron chi connectivity index (χ1n) is 6.24. The number of ether oxygens (including phenoxy) is 1. The summed E-state index contributed by atoms with van der Waals surface area (Å²) in [5.41, 5.74) is 6.07. The lowest BCUT2D eigenvalue weighted by molar-refractivity contribution is -0.131. The fourth-order valence-electron chi connectivity index (χ4n) is 1.66. The van der Waals surface area contributed by atoms with E-state index in [1.165, 1.54) is 12.1 Å². The van der Waals surface area contributed by atoms with E-state index in [4.69, 9.17) is 5.73 Å². The molecule has 1 amide bonds. The van der Waals surface area contributed by atoms with Crippen LogP contribution >= 0.6 is 0 Å². The quantitative estimate of drug-likeness (QED) is 0.873. The Morgan fingerprint density at radius 2 is 1.90 bits per heavy atom. The molecule has 0 radical (unpaired) electrons. The molecule has 20 heavy (non-hydrogen) atoms. The van der Waals surface area contributed by atoms with Crippen molar-refractivity contribution < 1.29 is 18.3 Å². The van der Waals surface area contributed by atoms with Gasteiger partial charge in [-0.1, -0.05) is 12.1 Å². The van der Waals surface area contributed by atoms with Gasteiger partial charge in [0.05, 0.1) is 0 Å². The van der Waals surface area contributed by atoms with Gasteiger partial charge < -0.3 is 15.4 Å². The number of halogens is 2. The molecule has 0 spiro atoms. The third kappa shape index (κ3) is 5.97. The van der Waals surface area contributed by atoms with Gasteiger partial charge in [-0.05, 0) is 31.5 Å². The number of amides is 1. The van der Waals surface area contributed by atoms with E-state index in [9.17, 15) is 13.6 Å². The maximum atomic E-state index is 12.0. The molecule has 1 aromatic carbocycles. The highest BCUT2D eigenvalue weighted by atomic mass is 19.3. The van der Waals surface area contributed by atoms with Crippen molar-refractivity contribution >= 4 is 5.91 Å². The highest BCUT2D eigenvalue weighted by molar-refractivity contribution is 5.77. The van der Waals surface area contributed by atoms with Crippen LogP contribution in [0.15, 0.2) is 24.3 Å². The van der Waals surface area contributed by atoms with E-state index in [-0.39, 0.29) is 18.1 Å². The first kappa shape index (κ1) is 16.4. The second-order valence-corrected chi connectivity index (χ2v) is 5.44. The van der Waals surface area contributed by atoms with E-state index in [1.54, 1.807) is 37.9 Å². The average Bonchev–Trinajstić information content (AvgIpc) is 2.28. The number of carbonyl (C=O) groups is 1. The second-order valence-electron chi connectivity index (χ2n) is 5.44. The lowest BCUT2D eigenvalue weighted by atomic mass is 10.0. The average molecular weight is 286 g/mol. The standard InChI is InChI=1S/C14H20F2N2O2/c1-14(2,17)8-12(19)18(3)9-10-4-6-11(7-5-10)20-13(15)16/h4-7,13H,8-9,17H2,1-3H3. The number of hydrogen-bond acceptors (Lipinski definition) is 3. The predicted octanol–water partition coefficient (Wildman–Crippen LogP) is 2.37. The molecule has 1 aromatic rings. The van der Waals surface area contributed by atoms with Crippen LogP contribution in [0.25, 0.3) is 0 Å². The fourth-order valence-corrected chi connectivity index (χ4v) is 1.66. The normalized spacial score (nSPS) is 11.6. The largest absolute Gasteiger partial charge is 0.435 e. The Morgan fingerprint density at radius 1 is 1.35 bits per heavy atom. The summed E-state index contributed by atoms with van der Waals surface area (Å²) in [4.78, 5) is 13.5. The molecule has 0 aromatic heterocycles. The van der Waals surface area contributed by atoms with Crippen molar-refractivity contribution in [3.05, 3.63) is 29.8 Å². The number of hydrogen-bond donors (Lipinski definition) is 1. The minimum absolute atomic E-state index is 0.0644. The van der Waals surface area contributed by atoms with Crippen molar-refractivity contribution in [2.75, 3.05) is 7.05 Å². The molecule has 0 unspecified atom stereocenters. The van der Waals surface area contributed by atoms with E-state index in [0.29, 0.717) is 6.54 Å². The number of carbonyl (C=O) groups excluding carboxylic acids is 1. The van der Waals surface area contributed by atoms with Crippen LogP contribution in [-0.2, 0) is 11.3 Å². The van der Waals surface area contributed by atoms with Crippen LogP contribution in [0.4, 0.5) is 8.78 Å². The lowest BCUT2D eigenvalue weighted by Crippen LogP contribution is -2.39. The minimum Gasteiger partial charge on any atom is -0.435 e. The summed E-state index contributed by atoms with van der Waals surface area (Å²) in [6.45, 7) is 1.13. The maximum absolute atomic E-state index is 12.0. The van der Waals surface area contributed by atoms with E-state index < -0.39 is 12.2 Å². The van der Waals surface area contributed by atoms with Gasteiger partial charge >= 0.3 is 6.61 Å². The van der Waals surface area contributed by atoms with E-state index in [1.807, 2.05) is 0 Å². The molecule has 4 nitrogen and oxygen atoms in total. The number of benzene rings is 1. The molecule has 0 aliphatic carbocycles. The molecule has 6 heteroatoms. The van der Waals surface area contributed by atoms with Gasteiger partial charge in [-0.3, -0.25) is 4.79 Å². The van der Waals surface area contributed by atoms with Crippen molar-refractivity contribution in [2.45, 2.75) is 39.0 Å². The van der Waals surface area contributed by atoms with Crippen LogP contribution in [0.2, 0.25) is 0 Å². The van der Waals surface area contributed by atoms with Crippen molar-refractivity contribution in [1.82, 2.24) is 4.90 Å². The third-order valence-electron chi connectivity index (χ3n) is 2.60. The Bertz CT molecular complexity index is 441. The molecule has 0 saturated carbocycles. The molecular formula is C14H20F2N2O2.